The number of hydrogen-bond donors (Lipinski definition) is 3. The van der Waals surface area contributed by atoms with Crippen molar-refractivity contribution in [1.82, 2.24) is 5.32 Å². The summed E-state index contributed by atoms with van der Waals surface area (Å²) in [6, 6.07) is 8.56. The molecular formula is C13H18N2O3. The zero-order valence-corrected chi connectivity index (χ0v) is 10.3. The lowest BCUT2D eigenvalue weighted by molar-refractivity contribution is -0.140. The number of carbonyl (C=O) groups excluding carboxylic acids is 1. The zero-order chi connectivity index (χ0) is 13.5. The Morgan fingerprint density at radius 1 is 1.33 bits per heavy atom. The summed E-state index contributed by atoms with van der Waals surface area (Å²) >= 11 is 0. The second kappa shape index (κ2) is 6.76. The molecule has 1 rings (SSSR count). The molecule has 2 atom stereocenters. The van der Waals surface area contributed by atoms with E-state index in [1.807, 2.05) is 37.3 Å². The van der Waals surface area contributed by atoms with Gasteiger partial charge in [-0.25, -0.2) is 0 Å². The van der Waals surface area contributed by atoms with Crippen LogP contribution in [0.2, 0.25) is 0 Å². The molecule has 18 heavy (non-hydrogen) atoms. The van der Waals surface area contributed by atoms with Crippen LogP contribution in [0.1, 0.15) is 18.9 Å². The van der Waals surface area contributed by atoms with Gasteiger partial charge in [0.25, 0.3) is 0 Å². The SMILES string of the molecule is C[C@H](Cc1ccccc1)NC(=O)C[C@H](N)C(=O)O. The highest BCUT2D eigenvalue weighted by Gasteiger charge is 2.17. The molecule has 0 saturated heterocycles. The highest BCUT2D eigenvalue weighted by molar-refractivity contribution is 5.84. The standard InChI is InChI=1S/C13H18N2O3/c1-9(7-10-5-3-2-4-6-10)15-12(16)8-11(14)13(17)18/h2-6,9,11H,7-8,14H2,1H3,(H,15,16)(H,17,18)/t9-,11+/m1/s1. The Balaban J connectivity index is 2.38. The summed E-state index contributed by atoms with van der Waals surface area (Å²) in [6.07, 6.45) is 0.503. The summed E-state index contributed by atoms with van der Waals surface area (Å²) < 4.78 is 0. The van der Waals surface area contributed by atoms with Crippen molar-refractivity contribution in [3.05, 3.63) is 35.9 Å². The van der Waals surface area contributed by atoms with Crippen LogP contribution in [0.4, 0.5) is 0 Å². The van der Waals surface area contributed by atoms with Crippen molar-refractivity contribution >= 4 is 11.9 Å². The lowest BCUT2D eigenvalue weighted by atomic mass is 10.1. The topological polar surface area (TPSA) is 92.4 Å². The molecule has 0 spiro atoms. The molecule has 0 aliphatic rings. The van der Waals surface area contributed by atoms with E-state index in [0.717, 1.165) is 5.56 Å². The van der Waals surface area contributed by atoms with Crippen LogP contribution in [-0.4, -0.2) is 29.1 Å². The largest absolute Gasteiger partial charge is 0.480 e. The third kappa shape index (κ3) is 4.97. The van der Waals surface area contributed by atoms with Crippen LogP contribution in [0.5, 0.6) is 0 Å². The van der Waals surface area contributed by atoms with Crippen LogP contribution in [0.3, 0.4) is 0 Å². The Hall–Kier alpha value is -1.88. The van der Waals surface area contributed by atoms with Crippen molar-refractivity contribution in [3.63, 3.8) is 0 Å². The van der Waals surface area contributed by atoms with Crippen LogP contribution >= 0.6 is 0 Å². The van der Waals surface area contributed by atoms with Gasteiger partial charge in [0.05, 0.1) is 6.42 Å². The van der Waals surface area contributed by atoms with E-state index < -0.39 is 12.0 Å². The van der Waals surface area contributed by atoms with Crippen molar-refractivity contribution in [3.8, 4) is 0 Å². The van der Waals surface area contributed by atoms with E-state index in [0.29, 0.717) is 6.42 Å². The molecule has 0 bridgehead atoms. The van der Waals surface area contributed by atoms with Gasteiger partial charge in [-0.05, 0) is 18.9 Å². The molecule has 0 heterocycles. The summed E-state index contributed by atoms with van der Waals surface area (Å²) in [5.74, 6) is -1.51. The lowest BCUT2D eigenvalue weighted by Crippen LogP contribution is -2.40. The fourth-order valence-corrected chi connectivity index (χ4v) is 1.64. The summed E-state index contributed by atoms with van der Waals surface area (Å²) in [7, 11) is 0. The Bertz CT molecular complexity index is 406. The number of nitrogens with one attached hydrogen (secondary N) is 1. The van der Waals surface area contributed by atoms with Crippen molar-refractivity contribution in [2.75, 3.05) is 0 Å². The maximum absolute atomic E-state index is 11.5. The van der Waals surface area contributed by atoms with Crippen LogP contribution in [0, 0.1) is 0 Å². The fraction of sp³-hybridized carbons (Fsp3) is 0.385. The van der Waals surface area contributed by atoms with E-state index in [1.54, 1.807) is 0 Å². The van der Waals surface area contributed by atoms with E-state index in [9.17, 15) is 9.59 Å². The molecule has 0 fully saturated rings. The van der Waals surface area contributed by atoms with E-state index in [1.165, 1.54) is 0 Å². The van der Waals surface area contributed by atoms with Gasteiger partial charge in [0.2, 0.25) is 5.91 Å². The van der Waals surface area contributed by atoms with Gasteiger partial charge in [-0.2, -0.15) is 0 Å². The Kier molecular flexibility index (Phi) is 5.32. The predicted octanol–water partition coefficient (Wildman–Crippen LogP) is 0.536. The zero-order valence-electron chi connectivity index (χ0n) is 10.3. The third-order valence-corrected chi connectivity index (χ3v) is 2.51. The number of carboxylic acid groups (broad SMARTS) is 1. The molecule has 0 radical (unpaired) electrons. The summed E-state index contributed by atoms with van der Waals surface area (Å²) in [5.41, 5.74) is 6.40. The minimum atomic E-state index is -1.17. The number of nitrogens with two attached hydrogens (primary N) is 1. The highest BCUT2D eigenvalue weighted by atomic mass is 16.4. The maximum Gasteiger partial charge on any atom is 0.321 e. The molecule has 1 amide bonds. The van der Waals surface area contributed by atoms with Gasteiger partial charge in [0.1, 0.15) is 6.04 Å². The van der Waals surface area contributed by atoms with Gasteiger partial charge in [-0.3, -0.25) is 9.59 Å². The summed E-state index contributed by atoms with van der Waals surface area (Å²) in [5, 5.41) is 11.3. The van der Waals surface area contributed by atoms with Crippen LogP contribution in [0.25, 0.3) is 0 Å². The van der Waals surface area contributed by atoms with Gasteiger partial charge in [0.15, 0.2) is 0 Å². The average molecular weight is 250 g/mol. The molecule has 4 N–H and O–H groups in total. The quantitative estimate of drug-likeness (QED) is 0.687. The normalized spacial score (nSPS) is 13.7. The molecule has 0 aliphatic heterocycles. The van der Waals surface area contributed by atoms with E-state index in [4.69, 9.17) is 10.8 Å². The van der Waals surface area contributed by atoms with Gasteiger partial charge in [-0.15, -0.1) is 0 Å². The molecular weight excluding hydrogens is 232 g/mol. The lowest BCUT2D eigenvalue weighted by Gasteiger charge is -2.15. The molecule has 0 saturated carbocycles. The second-order valence-corrected chi connectivity index (χ2v) is 4.31. The van der Waals surface area contributed by atoms with Crippen molar-refractivity contribution in [1.29, 1.82) is 0 Å². The molecule has 1 aromatic carbocycles. The molecule has 5 heteroatoms. The number of carboxylic acids is 1. The summed E-state index contributed by atoms with van der Waals surface area (Å²) in [4.78, 5) is 22.0. The van der Waals surface area contributed by atoms with Crippen LogP contribution in [0.15, 0.2) is 30.3 Å². The number of rotatable bonds is 6. The maximum atomic E-state index is 11.5. The molecule has 0 aromatic heterocycles. The first-order chi connectivity index (χ1) is 8.49. The first-order valence-electron chi connectivity index (χ1n) is 5.80. The fourth-order valence-electron chi connectivity index (χ4n) is 1.64. The van der Waals surface area contributed by atoms with E-state index in [-0.39, 0.29) is 18.4 Å². The predicted molar refractivity (Wildman–Crippen MR) is 68.0 cm³/mol. The number of aliphatic carboxylic acids is 1. The smallest absolute Gasteiger partial charge is 0.321 e. The molecule has 1 aromatic rings. The van der Waals surface area contributed by atoms with E-state index >= 15 is 0 Å². The molecule has 0 unspecified atom stereocenters. The monoisotopic (exact) mass is 250 g/mol. The minimum absolute atomic E-state index is 0.0547. The Morgan fingerprint density at radius 2 is 1.94 bits per heavy atom. The van der Waals surface area contributed by atoms with Gasteiger partial charge in [-0.1, -0.05) is 30.3 Å². The average Bonchev–Trinajstić information content (AvgIpc) is 2.29. The summed E-state index contributed by atoms with van der Waals surface area (Å²) in [6.45, 7) is 1.87. The van der Waals surface area contributed by atoms with E-state index in [2.05, 4.69) is 5.32 Å². The molecule has 0 aliphatic carbocycles. The first-order valence-corrected chi connectivity index (χ1v) is 5.80. The van der Waals surface area contributed by atoms with Crippen molar-refractivity contribution in [2.45, 2.75) is 31.8 Å². The number of carbonyl (C=O) groups is 2. The number of hydrogen-bond acceptors (Lipinski definition) is 3. The van der Waals surface area contributed by atoms with Crippen LogP contribution in [-0.2, 0) is 16.0 Å². The molecule has 5 nitrogen and oxygen atoms in total. The van der Waals surface area contributed by atoms with Crippen LogP contribution < -0.4 is 11.1 Å². The second-order valence-electron chi connectivity index (χ2n) is 4.31. The Morgan fingerprint density at radius 3 is 2.50 bits per heavy atom. The first kappa shape index (κ1) is 14.2. The van der Waals surface area contributed by atoms with Gasteiger partial charge < -0.3 is 16.2 Å². The minimum Gasteiger partial charge on any atom is -0.480 e. The third-order valence-electron chi connectivity index (χ3n) is 2.51. The van der Waals surface area contributed by atoms with Crippen molar-refractivity contribution in [2.24, 2.45) is 5.73 Å². The van der Waals surface area contributed by atoms with Gasteiger partial charge >= 0.3 is 5.97 Å². The molecule has 98 valence electrons. The number of amides is 1. The van der Waals surface area contributed by atoms with Crippen molar-refractivity contribution < 1.29 is 14.7 Å². The van der Waals surface area contributed by atoms with Gasteiger partial charge in [0, 0.05) is 6.04 Å². The highest BCUT2D eigenvalue weighted by Crippen LogP contribution is 2.03. The number of benzene rings is 1. The Labute approximate surface area is 106 Å².